The van der Waals surface area contributed by atoms with Gasteiger partial charge in [-0.3, -0.25) is 19.8 Å². The van der Waals surface area contributed by atoms with Crippen LogP contribution in [0.25, 0.3) is 16.8 Å². The molecule has 1 heterocycles. The van der Waals surface area contributed by atoms with Gasteiger partial charge in [-0.1, -0.05) is 72.3 Å². The minimum atomic E-state index is -0.485. The Morgan fingerprint density at radius 2 is 1.82 bits per heavy atom. The number of hydrogen-bond donors (Lipinski definition) is 0. The molecule has 9 heteroatoms. The molecule has 0 aromatic heterocycles. The van der Waals surface area contributed by atoms with Gasteiger partial charge in [0, 0.05) is 40.2 Å². The Labute approximate surface area is 234 Å². The van der Waals surface area contributed by atoms with Crippen molar-refractivity contribution in [3.8, 4) is 5.75 Å². The molecule has 0 N–H and O–H groups in total. The Morgan fingerprint density at radius 1 is 1.05 bits per heavy atom. The van der Waals surface area contributed by atoms with Gasteiger partial charge < -0.3 is 4.74 Å². The molecule has 1 saturated heterocycles. The summed E-state index contributed by atoms with van der Waals surface area (Å²) in [6.07, 6.45) is 3.23. The van der Waals surface area contributed by atoms with Gasteiger partial charge in [0.2, 0.25) is 0 Å². The van der Waals surface area contributed by atoms with Crippen LogP contribution in [-0.4, -0.2) is 27.4 Å². The maximum atomic E-state index is 13.4. The van der Waals surface area contributed by atoms with Gasteiger partial charge in [0.15, 0.2) is 5.17 Å². The smallest absolute Gasteiger partial charge is 0.270 e. The van der Waals surface area contributed by atoms with Crippen LogP contribution in [0.2, 0.25) is 5.02 Å². The molecule has 1 aliphatic heterocycles. The number of non-ortho nitro benzene ring substituents is 1. The van der Waals surface area contributed by atoms with E-state index in [1.54, 1.807) is 18.2 Å². The van der Waals surface area contributed by atoms with Gasteiger partial charge >= 0.3 is 0 Å². The van der Waals surface area contributed by atoms with E-state index in [0.717, 1.165) is 22.0 Å². The van der Waals surface area contributed by atoms with Crippen molar-refractivity contribution in [3.63, 3.8) is 0 Å². The molecule has 1 amide bonds. The van der Waals surface area contributed by atoms with Crippen LogP contribution in [-0.2, 0) is 11.4 Å². The fourth-order valence-electron chi connectivity index (χ4n) is 4.10. The summed E-state index contributed by atoms with van der Waals surface area (Å²) in [6.45, 7) is 4.20. The van der Waals surface area contributed by atoms with Crippen LogP contribution in [0.1, 0.15) is 11.1 Å². The number of benzene rings is 4. The molecule has 39 heavy (non-hydrogen) atoms. The molecule has 1 fully saturated rings. The third-order valence-electron chi connectivity index (χ3n) is 6.01. The Bertz CT molecular complexity index is 1660. The zero-order chi connectivity index (χ0) is 27.4. The Balaban J connectivity index is 1.52. The van der Waals surface area contributed by atoms with Crippen LogP contribution in [0.15, 0.2) is 107 Å². The van der Waals surface area contributed by atoms with E-state index in [0.29, 0.717) is 26.4 Å². The number of rotatable bonds is 8. The van der Waals surface area contributed by atoms with Gasteiger partial charge in [0.1, 0.15) is 12.4 Å². The van der Waals surface area contributed by atoms with Gasteiger partial charge in [-0.05, 0) is 41.4 Å². The first kappa shape index (κ1) is 26.2. The lowest BCUT2D eigenvalue weighted by molar-refractivity contribution is -0.384. The monoisotopic (exact) mass is 555 g/mol. The standard InChI is InChI=1S/C30H22ClN3O4S/c1-2-16-33-29(35)28(39-30(33)32-26-13-7-10-20-8-3-5-11-24(20)26)18-22-17-23(34(36)37)14-15-27(22)38-19-21-9-4-6-12-25(21)31/h2-15,17-18H,1,16,19H2. The second-order valence-corrected chi connectivity index (χ2v) is 9.98. The first-order valence-electron chi connectivity index (χ1n) is 12.0. The minimum Gasteiger partial charge on any atom is -0.488 e. The number of carbonyl (C=O) groups is 1. The average Bonchev–Trinajstić information content (AvgIpc) is 3.22. The molecule has 0 aliphatic carbocycles. The van der Waals surface area contributed by atoms with E-state index in [9.17, 15) is 14.9 Å². The van der Waals surface area contributed by atoms with Crippen molar-refractivity contribution in [2.45, 2.75) is 6.61 Å². The van der Waals surface area contributed by atoms with Crippen LogP contribution >= 0.6 is 23.4 Å². The van der Waals surface area contributed by atoms with Crippen molar-refractivity contribution in [1.82, 2.24) is 4.90 Å². The highest BCUT2D eigenvalue weighted by molar-refractivity contribution is 8.18. The van der Waals surface area contributed by atoms with Gasteiger partial charge in [0.25, 0.3) is 11.6 Å². The number of fused-ring (bicyclic) bond motifs is 1. The first-order chi connectivity index (χ1) is 18.9. The summed E-state index contributed by atoms with van der Waals surface area (Å²) in [4.78, 5) is 31.2. The van der Waals surface area contributed by atoms with Crippen molar-refractivity contribution < 1.29 is 14.5 Å². The number of thioether (sulfide) groups is 1. The number of aliphatic imine (C=N–C) groups is 1. The lowest BCUT2D eigenvalue weighted by atomic mass is 10.1. The molecule has 0 radical (unpaired) electrons. The summed E-state index contributed by atoms with van der Waals surface area (Å²) in [6, 6.07) is 25.3. The second kappa shape index (κ2) is 11.6. The predicted octanol–water partition coefficient (Wildman–Crippen LogP) is 7.77. The van der Waals surface area contributed by atoms with Crippen LogP contribution in [0.5, 0.6) is 5.75 Å². The largest absolute Gasteiger partial charge is 0.488 e. The van der Waals surface area contributed by atoms with Gasteiger partial charge in [-0.2, -0.15) is 0 Å². The van der Waals surface area contributed by atoms with E-state index < -0.39 is 4.92 Å². The molecular formula is C30H22ClN3O4S. The normalized spacial score (nSPS) is 15.3. The molecular weight excluding hydrogens is 534 g/mol. The lowest BCUT2D eigenvalue weighted by Crippen LogP contribution is -2.29. The number of amides is 1. The van der Waals surface area contributed by atoms with E-state index in [4.69, 9.17) is 21.3 Å². The topological polar surface area (TPSA) is 85.0 Å². The summed E-state index contributed by atoms with van der Waals surface area (Å²) >= 11 is 7.46. The number of nitrogens with zero attached hydrogens (tertiary/aromatic N) is 3. The van der Waals surface area contributed by atoms with Crippen LogP contribution < -0.4 is 4.74 Å². The number of amidine groups is 1. The molecule has 194 valence electrons. The van der Waals surface area contributed by atoms with Crippen LogP contribution in [0, 0.1) is 10.1 Å². The zero-order valence-electron chi connectivity index (χ0n) is 20.6. The zero-order valence-corrected chi connectivity index (χ0v) is 22.2. The van der Waals surface area contributed by atoms with Crippen molar-refractivity contribution in [3.05, 3.63) is 129 Å². The molecule has 0 bridgehead atoms. The summed E-state index contributed by atoms with van der Waals surface area (Å²) in [5, 5.41) is 14.6. The molecule has 0 atom stereocenters. The number of nitro groups is 1. The van der Waals surface area contributed by atoms with Crippen molar-refractivity contribution in [1.29, 1.82) is 0 Å². The number of hydrogen-bond acceptors (Lipinski definition) is 6. The van der Waals surface area contributed by atoms with E-state index in [-0.39, 0.29) is 24.7 Å². The molecule has 0 unspecified atom stereocenters. The van der Waals surface area contributed by atoms with Gasteiger partial charge in [0.05, 0.1) is 15.5 Å². The Morgan fingerprint density at radius 3 is 2.62 bits per heavy atom. The van der Waals surface area contributed by atoms with E-state index >= 15 is 0 Å². The Kier molecular flexibility index (Phi) is 7.76. The molecule has 7 nitrogen and oxygen atoms in total. The quantitative estimate of drug-likeness (QED) is 0.0959. The minimum absolute atomic E-state index is 0.116. The summed E-state index contributed by atoms with van der Waals surface area (Å²) in [5.74, 6) is 0.110. The van der Waals surface area contributed by atoms with E-state index in [1.165, 1.54) is 34.9 Å². The van der Waals surface area contributed by atoms with Gasteiger partial charge in [-0.25, -0.2) is 4.99 Å². The van der Waals surface area contributed by atoms with Gasteiger partial charge in [-0.15, -0.1) is 6.58 Å². The Hall–Kier alpha value is -4.40. The molecule has 1 aliphatic rings. The van der Waals surface area contributed by atoms with Crippen LogP contribution in [0.4, 0.5) is 11.4 Å². The van der Waals surface area contributed by atoms with Crippen LogP contribution in [0.3, 0.4) is 0 Å². The molecule has 0 saturated carbocycles. The second-order valence-electron chi connectivity index (χ2n) is 8.57. The maximum absolute atomic E-state index is 13.4. The third kappa shape index (κ3) is 5.72. The summed E-state index contributed by atoms with van der Waals surface area (Å²) in [5.41, 5.74) is 1.79. The number of nitro benzene ring substituents is 1. The fourth-order valence-corrected chi connectivity index (χ4v) is 5.28. The highest BCUT2D eigenvalue weighted by Crippen LogP contribution is 2.38. The van der Waals surface area contributed by atoms with E-state index in [1.807, 2.05) is 60.7 Å². The van der Waals surface area contributed by atoms with E-state index in [2.05, 4.69) is 6.58 Å². The van der Waals surface area contributed by atoms with Crippen molar-refractivity contribution >= 4 is 62.7 Å². The molecule has 0 spiro atoms. The summed E-state index contributed by atoms with van der Waals surface area (Å²) in [7, 11) is 0. The first-order valence-corrected chi connectivity index (χ1v) is 13.2. The fraction of sp³-hybridized carbons (Fsp3) is 0.0667. The predicted molar refractivity (Wildman–Crippen MR) is 157 cm³/mol. The number of carbonyl (C=O) groups excluding carboxylic acids is 1. The average molecular weight is 556 g/mol. The highest BCUT2D eigenvalue weighted by Gasteiger charge is 2.33. The highest BCUT2D eigenvalue weighted by atomic mass is 35.5. The number of halogens is 1. The lowest BCUT2D eigenvalue weighted by Gasteiger charge is -2.13. The molecule has 5 rings (SSSR count). The number of ether oxygens (including phenoxy) is 1. The molecule has 4 aromatic carbocycles. The third-order valence-corrected chi connectivity index (χ3v) is 7.39. The SMILES string of the molecule is C=CCN1C(=O)C(=Cc2cc([N+](=O)[O-])ccc2OCc2ccccc2Cl)SC1=Nc1cccc2ccccc12. The molecule has 4 aromatic rings. The van der Waals surface area contributed by atoms with Crippen molar-refractivity contribution in [2.75, 3.05) is 6.54 Å². The maximum Gasteiger partial charge on any atom is 0.270 e. The summed E-state index contributed by atoms with van der Waals surface area (Å²) < 4.78 is 6.00. The van der Waals surface area contributed by atoms with Crippen molar-refractivity contribution in [2.24, 2.45) is 4.99 Å².